The highest BCUT2D eigenvalue weighted by Gasteiger charge is 2.41. The molecule has 1 saturated carbocycles. The Morgan fingerprint density at radius 3 is 2.52 bits per heavy atom. The van der Waals surface area contributed by atoms with Gasteiger partial charge in [-0.05, 0) is 18.4 Å². The topological polar surface area (TPSA) is 76.1 Å². The van der Waals surface area contributed by atoms with Gasteiger partial charge in [0, 0.05) is 12.1 Å². The molecule has 0 radical (unpaired) electrons. The molecule has 0 aromatic carbocycles. The minimum absolute atomic E-state index is 0.0641. The second-order valence-electron chi connectivity index (χ2n) is 4.80. The molecule has 1 amide bonds. The van der Waals surface area contributed by atoms with E-state index in [-0.39, 0.29) is 5.92 Å². The molecule has 1 aliphatic carbocycles. The summed E-state index contributed by atoms with van der Waals surface area (Å²) in [7, 11) is -4.41. The number of aromatic nitrogens is 1. The summed E-state index contributed by atoms with van der Waals surface area (Å²) in [5, 5.41) is -0.858. The van der Waals surface area contributed by atoms with E-state index < -0.39 is 43.6 Å². The fourth-order valence-electron chi connectivity index (χ4n) is 1.73. The highest BCUT2D eigenvalue weighted by molar-refractivity contribution is 7.90. The fraction of sp³-hybridized carbons (Fsp3) is 0.455. The number of halogens is 4. The minimum Gasteiger partial charge on any atom is -0.274 e. The van der Waals surface area contributed by atoms with Gasteiger partial charge in [0.2, 0.25) is 5.91 Å². The lowest BCUT2D eigenvalue weighted by Crippen LogP contribution is -2.32. The van der Waals surface area contributed by atoms with Crippen LogP contribution in [0.2, 0.25) is 5.15 Å². The smallest absolute Gasteiger partial charge is 0.274 e. The highest BCUT2D eigenvalue weighted by Crippen LogP contribution is 2.38. The van der Waals surface area contributed by atoms with Crippen molar-refractivity contribution in [2.24, 2.45) is 11.8 Å². The molecule has 2 atom stereocenters. The van der Waals surface area contributed by atoms with Crippen molar-refractivity contribution in [1.29, 1.82) is 0 Å². The molecular formula is C11H10ClF3N2O3S. The van der Waals surface area contributed by atoms with Gasteiger partial charge in [0.15, 0.2) is 0 Å². The summed E-state index contributed by atoms with van der Waals surface area (Å²) in [6.45, 7) is 1.77. The first-order valence-corrected chi connectivity index (χ1v) is 7.68. The Hall–Kier alpha value is -1.35. The average molecular weight is 343 g/mol. The minimum atomic E-state index is -4.84. The molecule has 21 heavy (non-hydrogen) atoms. The molecule has 1 heterocycles. The first kappa shape index (κ1) is 16.0. The van der Waals surface area contributed by atoms with E-state index in [9.17, 15) is 26.4 Å². The predicted octanol–water partition coefficient (Wildman–Crippen LogP) is 2.21. The first-order valence-electron chi connectivity index (χ1n) is 5.82. The molecule has 1 fully saturated rings. The summed E-state index contributed by atoms with van der Waals surface area (Å²) in [5.41, 5.74) is -1.38. The fourth-order valence-corrected chi connectivity index (χ4v) is 2.94. The molecule has 0 unspecified atom stereocenters. The van der Waals surface area contributed by atoms with Gasteiger partial charge in [0.05, 0.1) is 5.56 Å². The van der Waals surface area contributed by atoms with Crippen LogP contribution in [0.5, 0.6) is 0 Å². The number of carbonyl (C=O) groups excluding carboxylic acids is 1. The van der Waals surface area contributed by atoms with Crippen LogP contribution in [0.25, 0.3) is 0 Å². The van der Waals surface area contributed by atoms with Crippen molar-refractivity contribution in [2.45, 2.75) is 24.4 Å². The Morgan fingerprint density at radius 2 is 2.05 bits per heavy atom. The Kier molecular flexibility index (Phi) is 3.92. The van der Waals surface area contributed by atoms with E-state index in [1.165, 1.54) is 0 Å². The van der Waals surface area contributed by atoms with Crippen LogP contribution < -0.4 is 4.72 Å². The number of carbonyl (C=O) groups is 1. The van der Waals surface area contributed by atoms with Crippen LogP contribution in [-0.2, 0) is 21.0 Å². The van der Waals surface area contributed by atoms with Crippen LogP contribution in [-0.4, -0.2) is 19.3 Å². The summed E-state index contributed by atoms with van der Waals surface area (Å²) >= 11 is 5.30. The molecule has 1 aromatic heterocycles. The Labute approximate surface area is 123 Å². The van der Waals surface area contributed by atoms with Crippen molar-refractivity contribution in [2.75, 3.05) is 0 Å². The summed E-state index contributed by atoms with van der Waals surface area (Å²) in [4.78, 5) is 14.0. The molecule has 1 aromatic rings. The van der Waals surface area contributed by atoms with Crippen molar-refractivity contribution in [1.82, 2.24) is 9.71 Å². The largest absolute Gasteiger partial charge is 0.419 e. The van der Waals surface area contributed by atoms with Gasteiger partial charge in [0.1, 0.15) is 10.0 Å². The van der Waals surface area contributed by atoms with Crippen LogP contribution in [0, 0.1) is 11.8 Å². The molecular weight excluding hydrogens is 333 g/mol. The lowest BCUT2D eigenvalue weighted by Gasteiger charge is -2.11. The van der Waals surface area contributed by atoms with Gasteiger partial charge in [-0.3, -0.25) is 4.79 Å². The van der Waals surface area contributed by atoms with Gasteiger partial charge >= 0.3 is 6.18 Å². The molecule has 10 heteroatoms. The van der Waals surface area contributed by atoms with Crippen molar-refractivity contribution in [3.8, 4) is 0 Å². The molecule has 0 bridgehead atoms. The maximum Gasteiger partial charge on any atom is 0.419 e. The maximum atomic E-state index is 12.7. The van der Waals surface area contributed by atoms with Crippen molar-refractivity contribution >= 4 is 27.5 Å². The summed E-state index contributed by atoms with van der Waals surface area (Å²) < 4.78 is 63.5. The lowest BCUT2D eigenvalue weighted by atomic mass is 10.3. The Balaban J connectivity index is 2.30. The molecule has 2 rings (SSSR count). The number of sulfonamides is 1. The third-order valence-corrected chi connectivity index (χ3v) is 4.73. The Morgan fingerprint density at radius 1 is 1.48 bits per heavy atom. The van der Waals surface area contributed by atoms with Gasteiger partial charge in [-0.1, -0.05) is 18.5 Å². The van der Waals surface area contributed by atoms with E-state index in [0.29, 0.717) is 18.7 Å². The van der Waals surface area contributed by atoms with E-state index in [1.807, 2.05) is 0 Å². The zero-order chi connectivity index (χ0) is 16.0. The number of pyridine rings is 1. The predicted molar refractivity (Wildman–Crippen MR) is 66.8 cm³/mol. The third kappa shape index (κ3) is 3.46. The molecule has 0 saturated heterocycles. The molecule has 0 spiro atoms. The number of rotatable bonds is 3. The number of hydrogen-bond acceptors (Lipinski definition) is 4. The molecule has 5 nitrogen and oxygen atoms in total. The van der Waals surface area contributed by atoms with Crippen LogP contribution in [0.15, 0.2) is 17.2 Å². The highest BCUT2D eigenvalue weighted by atomic mass is 35.5. The summed E-state index contributed by atoms with van der Waals surface area (Å²) in [5.74, 6) is -1.09. The van der Waals surface area contributed by atoms with Crippen molar-refractivity contribution in [3.63, 3.8) is 0 Å². The normalized spacial score (nSPS) is 22.0. The van der Waals surface area contributed by atoms with E-state index in [4.69, 9.17) is 11.6 Å². The van der Waals surface area contributed by atoms with E-state index >= 15 is 0 Å². The van der Waals surface area contributed by atoms with Crippen LogP contribution in [0.1, 0.15) is 18.9 Å². The monoisotopic (exact) mass is 342 g/mol. The second kappa shape index (κ2) is 5.13. The van der Waals surface area contributed by atoms with Crippen molar-refractivity contribution < 1.29 is 26.4 Å². The van der Waals surface area contributed by atoms with Gasteiger partial charge in [-0.25, -0.2) is 18.1 Å². The second-order valence-corrected chi connectivity index (χ2v) is 6.84. The third-order valence-electron chi connectivity index (χ3n) is 3.11. The van der Waals surface area contributed by atoms with Gasteiger partial charge in [0.25, 0.3) is 10.0 Å². The van der Waals surface area contributed by atoms with Gasteiger partial charge < -0.3 is 0 Å². The number of hydrogen-bond donors (Lipinski definition) is 1. The van der Waals surface area contributed by atoms with Crippen LogP contribution in [0.3, 0.4) is 0 Å². The number of alkyl halides is 3. The summed E-state index contributed by atoms with van der Waals surface area (Å²) in [6, 6.07) is 0.348. The molecule has 116 valence electrons. The van der Waals surface area contributed by atoms with E-state index in [1.54, 1.807) is 11.6 Å². The quantitative estimate of drug-likeness (QED) is 0.854. The van der Waals surface area contributed by atoms with Crippen molar-refractivity contribution in [3.05, 3.63) is 23.0 Å². The Bertz CT molecular complexity index is 690. The standard InChI is InChI=1S/C11H10ClF3N2O3S/c1-5-2-7(5)10(18)17-21(19,20)6-3-8(11(13,14)15)9(12)16-4-6/h3-5,7H,2H2,1H3,(H,17,18)/t5-,7+/m1/s1. The number of amides is 1. The first-order chi connectivity index (χ1) is 9.52. The van der Waals surface area contributed by atoms with Crippen LogP contribution >= 0.6 is 11.6 Å². The van der Waals surface area contributed by atoms with E-state index in [0.717, 1.165) is 0 Å². The number of nitrogens with one attached hydrogen (secondary N) is 1. The van der Waals surface area contributed by atoms with Gasteiger partial charge in [-0.15, -0.1) is 0 Å². The van der Waals surface area contributed by atoms with Gasteiger partial charge in [-0.2, -0.15) is 13.2 Å². The number of nitrogens with zero attached hydrogens (tertiary/aromatic N) is 1. The van der Waals surface area contributed by atoms with Crippen LogP contribution in [0.4, 0.5) is 13.2 Å². The van der Waals surface area contributed by atoms with E-state index in [2.05, 4.69) is 4.98 Å². The molecule has 1 aliphatic rings. The molecule has 0 aliphatic heterocycles. The maximum absolute atomic E-state index is 12.7. The zero-order valence-electron chi connectivity index (χ0n) is 10.6. The average Bonchev–Trinajstić information content (AvgIpc) is 3.04. The molecule has 1 N–H and O–H groups in total. The lowest BCUT2D eigenvalue weighted by molar-refractivity contribution is -0.137. The SMILES string of the molecule is C[C@@H]1C[C@@H]1C(=O)NS(=O)(=O)c1cnc(Cl)c(C(F)(F)F)c1. The zero-order valence-corrected chi connectivity index (χ0v) is 12.2. The summed E-state index contributed by atoms with van der Waals surface area (Å²) in [6.07, 6.45) is -3.62.